The van der Waals surface area contributed by atoms with E-state index in [0.717, 1.165) is 19.4 Å². The van der Waals surface area contributed by atoms with Gasteiger partial charge in [-0.3, -0.25) is 14.6 Å². The highest BCUT2D eigenvalue weighted by Crippen LogP contribution is 2.19. The number of carbonyl (C=O) groups is 2. The van der Waals surface area contributed by atoms with Gasteiger partial charge < -0.3 is 15.5 Å². The standard InChI is InChI=1S/C21H32N4O2.2ClH/c26-20(24-14-13-23-19-7-3-1-2-4-8-19)18-6-5-15-25(16-18)21(27)17-9-11-22-12-10-17;;/h9-12,18-19,23H,1-8,13-16H2,(H,24,26);2*1H. The smallest absolute Gasteiger partial charge is 0.253 e. The Morgan fingerprint density at radius 1 is 0.966 bits per heavy atom. The molecule has 1 aliphatic carbocycles. The predicted molar refractivity (Wildman–Crippen MR) is 120 cm³/mol. The zero-order valence-electron chi connectivity index (χ0n) is 17.0. The third kappa shape index (κ3) is 8.11. The number of nitrogens with zero attached hydrogens (tertiary/aromatic N) is 2. The molecule has 164 valence electrons. The SMILES string of the molecule is Cl.Cl.O=C(NCCNC1CCCCCC1)C1CCCN(C(=O)c2ccncc2)C1. The quantitative estimate of drug-likeness (QED) is 0.521. The maximum Gasteiger partial charge on any atom is 0.253 e. The van der Waals surface area contributed by atoms with Crippen molar-refractivity contribution in [2.45, 2.75) is 57.4 Å². The van der Waals surface area contributed by atoms with E-state index in [4.69, 9.17) is 0 Å². The van der Waals surface area contributed by atoms with E-state index in [9.17, 15) is 9.59 Å². The average molecular weight is 445 g/mol. The lowest BCUT2D eigenvalue weighted by Crippen LogP contribution is -2.46. The van der Waals surface area contributed by atoms with Crippen LogP contribution < -0.4 is 10.6 Å². The molecule has 2 fully saturated rings. The van der Waals surface area contributed by atoms with Crippen molar-refractivity contribution in [3.63, 3.8) is 0 Å². The molecule has 2 amide bonds. The Balaban J connectivity index is 0.00000210. The maximum absolute atomic E-state index is 12.6. The Labute approximate surface area is 186 Å². The molecule has 6 nitrogen and oxygen atoms in total. The second-order valence-corrected chi connectivity index (χ2v) is 7.76. The highest BCUT2D eigenvalue weighted by molar-refractivity contribution is 5.94. The summed E-state index contributed by atoms with van der Waals surface area (Å²) in [5.41, 5.74) is 0.638. The van der Waals surface area contributed by atoms with Gasteiger partial charge in [0.2, 0.25) is 5.91 Å². The van der Waals surface area contributed by atoms with Crippen molar-refractivity contribution in [1.29, 1.82) is 0 Å². The molecule has 0 aromatic carbocycles. The Hall–Kier alpha value is -1.37. The first-order chi connectivity index (χ1) is 13.2. The lowest BCUT2D eigenvalue weighted by atomic mass is 9.96. The van der Waals surface area contributed by atoms with E-state index in [1.54, 1.807) is 29.4 Å². The molecule has 3 rings (SSSR count). The first kappa shape index (κ1) is 25.7. The van der Waals surface area contributed by atoms with E-state index < -0.39 is 0 Å². The van der Waals surface area contributed by atoms with Gasteiger partial charge in [-0.1, -0.05) is 25.7 Å². The molecule has 8 heteroatoms. The summed E-state index contributed by atoms with van der Waals surface area (Å²) in [7, 11) is 0. The molecule has 29 heavy (non-hydrogen) atoms. The fraction of sp³-hybridized carbons (Fsp3) is 0.667. The van der Waals surface area contributed by atoms with Gasteiger partial charge in [0.25, 0.3) is 5.91 Å². The van der Waals surface area contributed by atoms with Crippen molar-refractivity contribution in [2.75, 3.05) is 26.2 Å². The Morgan fingerprint density at radius 3 is 2.34 bits per heavy atom. The largest absolute Gasteiger partial charge is 0.355 e. The molecule has 1 atom stereocenters. The number of piperidine rings is 1. The third-order valence-electron chi connectivity index (χ3n) is 5.72. The summed E-state index contributed by atoms with van der Waals surface area (Å²) in [6.07, 6.45) is 12.8. The average Bonchev–Trinajstić information content (AvgIpc) is 3.00. The van der Waals surface area contributed by atoms with Crippen LogP contribution in [0.1, 0.15) is 61.7 Å². The minimum absolute atomic E-state index is 0. The van der Waals surface area contributed by atoms with Crippen molar-refractivity contribution in [3.8, 4) is 0 Å². The maximum atomic E-state index is 12.6. The number of pyridine rings is 1. The molecule has 1 saturated carbocycles. The number of carbonyl (C=O) groups excluding carboxylic acids is 2. The summed E-state index contributed by atoms with van der Waals surface area (Å²) < 4.78 is 0. The molecular formula is C21H34Cl2N4O2. The number of hydrogen-bond acceptors (Lipinski definition) is 4. The van der Waals surface area contributed by atoms with Crippen molar-refractivity contribution < 1.29 is 9.59 Å². The van der Waals surface area contributed by atoms with Crippen LogP contribution in [0.4, 0.5) is 0 Å². The van der Waals surface area contributed by atoms with Gasteiger partial charge in [-0.2, -0.15) is 0 Å². The highest BCUT2D eigenvalue weighted by Gasteiger charge is 2.28. The predicted octanol–water partition coefficient (Wildman–Crippen LogP) is 3.21. The van der Waals surface area contributed by atoms with Gasteiger partial charge in [-0.05, 0) is 37.8 Å². The number of halogens is 2. The van der Waals surface area contributed by atoms with E-state index in [-0.39, 0.29) is 42.5 Å². The number of likely N-dealkylation sites (tertiary alicyclic amines) is 1. The summed E-state index contributed by atoms with van der Waals surface area (Å²) in [4.78, 5) is 30.9. The zero-order chi connectivity index (χ0) is 18.9. The van der Waals surface area contributed by atoms with Gasteiger partial charge in [0, 0.05) is 50.2 Å². The Kier molecular flexibility index (Phi) is 12.2. The van der Waals surface area contributed by atoms with Gasteiger partial charge in [0.1, 0.15) is 0 Å². The fourth-order valence-electron chi connectivity index (χ4n) is 4.14. The van der Waals surface area contributed by atoms with Crippen LogP contribution in [0.3, 0.4) is 0 Å². The van der Waals surface area contributed by atoms with E-state index in [1.807, 2.05) is 0 Å². The number of amides is 2. The van der Waals surface area contributed by atoms with Crippen LogP contribution in [0.2, 0.25) is 0 Å². The number of aromatic nitrogens is 1. The Bertz CT molecular complexity index is 610. The minimum atomic E-state index is -0.109. The zero-order valence-corrected chi connectivity index (χ0v) is 18.6. The summed E-state index contributed by atoms with van der Waals surface area (Å²) in [5.74, 6) is -0.0442. The van der Waals surface area contributed by atoms with Crippen LogP contribution in [0.25, 0.3) is 0 Å². The number of nitrogens with one attached hydrogen (secondary N) is 2. The van der Waals surface area contributed by atoms with Crippen molar-refractivity contribution in [1.82, 2.24) is 20.5 Å². The molecule has 1 aromatic heterocycles. The molecule has 0 radical (unpaired) electrons. The third-order valence-corrected chi connectivity index (χ3v) is 5.72. The lowest BCUT2D eigenvalue weighted by molar-refractivity contribution is -0.126. The lowest BCUT2D eigenvalue weighted by Gasteiger charge is -2.32. The van der Waals surface area contributed by atoms with E-state index in [2.05, 4.69) is 15.6 Å². The topological polar surface area (TPSA) is 74.3 Å². The number of rotatable bonds is 6. The summed E-state index contributed by atoms with van der Waals surface area (Å²) >= 11 is 0. The number of hydrogen-bond donors (Lipinski definition) is 2. The van der Waals surface area contributed by atoms with Crippen molar-refractivity contribution >= 4 is 36.6 Å². The fourth-order valence-corrected chi connectivity index (χ4v) is 4.14. The molecule has 1 saturated heterocycles. The first-order valence-electron chi connectivity index (χ1n) is 10.4. The van der Waals surface area contributed by atoms with Crippen LogP contribution in [0.5, 0.6) is 0 Å². The van der Waals surface area contributed by atoms with Crippen LogP contribution in [0, 0.1) is 5.92 Å². The van der Waals surface area contributed by atoms with Gasteiger partial charge in [0.15, 0.2) is 0 Å². The molecule has 1 aromatic rings. The molecule has 2 heterocycles. The van der Waals surface area contributed by atoms with Crippen LogP contribution in [-0.4, -0.2) is 53.9 Å². The summed E-state index contributed by atoms with van der Waals surface area (Å²) in [6.45, 7) is 2.70. The first-order valence-corrected chi connectivity index (χ1v) is 10.4. The molecule has 1 unspecified atom stereocenters. The molecule has 0 spiro atoms. The molecule has 2 aliphatic rings. The monoisotopic (exact) mass is 444 g/mol. The van der Waals surface area contributed by atoms with Gasteiger partial charge in [-0.15, -0.1) is 24.8 Å². The summed E-state index contributed by atoms with van der Waals surface area (Å²) in [6, 6.07) is 4.06. The van der Waals surface area contributed by atoms with E-state index in [1.165, 1.54) is 38.5 Å². The normalized spacial score (nSPS) is 20.0. The Morgan fingerprint density at radius 2 is 1.66 bits per heavy atom. The van der Waals surface area contributed by atoms with Crippen LogP contribution >= 0.6 is 24.8 Å². The van der Waals surface area contributed by atoms with E-state index >= 15 is 0 Å². The molecule has 2 N–H and O–H groups in total. The second-order valence-electron chi connectivity index (χ2n) is 7.76. The summed E-state index contributed by atoms with van der Waals surface area (Å²) in [5, 5.41) is 6.64. The van der Waals surface area contributed by atoms with Gasteiger partial charge in [-0.25, -0.2) is 0 Å². The van der Waals surface area contributed by atoms with Gasteiger partial charge in [0.05, 0.1) is 5.92 Å². The second kappa shape index (κ2) is 13.8. The molecule has 0 bridgehead atoms. The highest BCUT2D eigenvalue weighted by atomic mass is 35.5. The van der Waals surface area contributed by atoms with Crippen LogP contribution in [-0.2, 0) is 4.79 Å². The minimum Gasteiger partial charge on any atom is -0.355 e. The van der Waals surface area contributed by atoms with Crippen molar-refractivity contribution in [3.05, 3.63) is 30.1 Å². The molecular weight excluding hydrogens is 411 g/mol. The van der Waals surface area contributed by atoms with Crippen LogP contribution in [0.15, 0.2) is 24.5 Å². The van der Waals surface area contributed by atoms with Gasteiger partial charge >= 0.3 is 0 Å². The van der Waals surface area contributed by atoms with Crippen molar-refractivity contribution in [2.24, 2.45) is 5.92 Å². The van der Waals surface area contributed by atoms with E-state index in [0.29, 0.717) is 31.2 Å². The molecule has 1 aliphatic heterocycles.